The van der Waals surface area contributed by atoms with Gasteiger partial charge in [0, 0.05) is 5.56 Å². The van der Waals surface area contributed by atoms with Gasteiger partial charge in [0.1, 0.15) is 23.0 Å². The van der Waals surface area contributed by atoms with Crippen molar-refractivity contribution in [3.8, 4) is 23.0 Å². The second-order valence-electron chi connectivity index (χ2n) is 5.65. The smallest absolute Gasteiger partial charge is 0.134 e. The van der Waals surface area contributed by atoms with Crippen LogP contribution in [-0.4, -0.2) is 0 Å². The molecular weight excluding hydrogens is 284 g/mol. The average Bonchev–Trinajstić information content (AvgIpc) is 2.56. The van der Waals surface area contributed by atoms with Gasteiger partial charge in [0.2, 0.25) is 0 Å². The van der Waals surface area contributed by atoms with Crippen LogP contribution >= 0.6 is 0 Å². The summed E-state index contributed by atoms with van der Waals surface area (Å²) in [5, 5.41) is 0. The molecule has 0 atom stereocenters. The number of hydrogen-bond acceptors (Lipinski definition) is 2. The van der Waals surface area contributed by atoms with Crippen LogP contribution in [-0.2, 0) is 0 Å². The number of rotatable bonds is 5. The maximum Gasteiger partial charge on any atom is 0.134 e. The Morgan fingerprint density at radius 3 is 1.39 bits per heavy atom. The van der Waals surface area contributed by atoms with Crippen molar-refractivity contribution in [2.75, 3.05) is 0 Å². The highest BCUT2D eigenvalue weighted by molar-refractivity contribution is 5.50. The molecule has 2 heteroatoms. The third-order valence-corrected chi connectivity index (χ3v) is 3.55. The zero-order valence-electron chi connectivity index (χ0n) is 13.4. The van der Waals surface area contributed by atoms with Crippen LogP contribution in [0, 0.1) is 0 Å². The number of para-hydroxylation sites is 2. The van der Waals surface area contributed by atoms with Crippen molar-refractivity contribution in [2.24, 2.45) is 0 Å². The van der Waals surface area contributed by atoms with E-state index < -0.39 is 0 Å². The van der Waals surface area contributed by atoms with Crippen molar-refractivity contribution in [1.29, 1.82) is 0 Å². The predicted molar refractivity (Wildman–Crippen MR) is 93.6 cm³/mol. The summed E-state index contributed by atoms with van der Waals surface area (Å²) >= 11 is 0. The van der Waals surface area contributed by atoms with Crippen LogP contribution in [0.15, 0.2) is 78.9 Å². The largest absolute Gasteiger partial charge is 0.457 e. The van der Waals surface area contributed by atoms with Gasteiger partial charge in [0.05, 0.1) is 0 Å². The van der Waals surface area contributed by atoms with Crippen LogP contribution in [0.4, 0.5) is 0 Å². The second-order valence-corrected chi connectivity index (χ2v) is 5.65. The topological polar surface area (TPSA) is 18.5 Å². The van der Waals surface area contributed by atoms with Gasteiger partial charge in [-0.1, -0.05) is 56.3 Å². The molecule has 0 heterocycles. The van der Waals surface area contributed by atoms with E-state index in [0.717, 1.165) is 28.6 Å². The maximum absolute atomic E-state index is 6.07. The minimum Gasteiger partial charge on any atom is -0.457 e. The quantitative estimate of drug-likeness (QED) is 0.543. The zero-order chi connectivity index (χ0) is 16.1. The van der Waals surface area contributed by atoms with Gasteiger partial charge < -0.3 is 9.47 Å². The molecule has 0 radical (unpaired) electrons. The van der Waals surface area contributed by atoms with E-state index in [1.807, 2.05) is 78.9 Å². The van der Waals surface area contributed by atoms with Crippen LogP contribution in [0.5, 0.6) is 23.0 Å². The number of hydrogen-bond donors (Lipinski definition) is 0. The van der Waals surface area contributed by atoms with Crippen LogP contribution in [0.2, 0.25) is 0 Å². The summed E-state index contributed by atoms with van der Waals surface area (Å²) in [7, 11) is 0. The predicted octanol–water partition coefficient (Wildman–Crippen LogP) is 6.39. The van der Waals surface area contributed by atoms with E-state index in [1.54, 1.807) is 0 Å². The Morgan fingerprint density at radius 1 is 0.565 bits per heavy atom. The minimum absolute atomic E-state index is 0.286. The van der Waals surface area contributed by atoms with E-state index in [-0.39, 0.29) is 5.92 Å². The molecule has 0 saturated carbocycles. The van der Waals surface area contributed by atoms with Crippen LogP contribution < -0.4 is 9.47 Å². The molecule has 116 valence electrons. The van der Waals surface area contributed by atoms with Crippen LogP contribution in [0.25, 0.3) is 0 Å². The first-order chi connectivity index (χ1) is 11.2. The van der Waals surface area contributed by atoms with Gasteiger partial charge in [-0.3, -0.25) is 0 Å². The van der Waals surface area contributed by atoms with Crippen LogP contribution in [0.3, 0.4) is 0 Å². The highest BCUT2D eigenvalue weighted by Crippen LogP contribution is 2.39. The minimum atomic E-state index is 0.286. The summed E-state index contributed by atoms with van der Waals surface area (Å²) in [6.45, 7) is 4.29. The first-order valence-corrected chi connectivity index (χ1v) is 7.83. The summed E-state index contributed by atoms with van der Waals surface area (Å²) < 4.78 is 12.1. The Labute approximate surface area is 137 Å². The monoisotopic (exact) mass is 304 g/mol. The number of ether oxygens (including phenoxy) is 2. The van der Waals surface area contributed by atoms with Gasteiger partial charge >= 0.3 is 0 Å². The summed E-state index contributed by atoms with van der Waals surface area (Å²) in [5.41, 5.74) is 1.07. The highest BCUT2D eigenvalue weighted by Gasteiger charge is 2.15. The van der Waals surface area contributed by atoms with Crippen molar-refractivity contribution in [3.63, 3.8) is 0 Å². The third kappa shape index (κ3) is 3.72. The van der Waals surface area contributed by atoms with Crippen molar-refractivity contribution in [3.05, 3.63) is 84.4 Å². The Hall–Kier alpha value is -2.74. The average molecular weight is 304 g/mol. The molecule has 0 spiro atoms. The molecule has 0 aliphatic heterocycles. The van der Waals surface area contributed by atoms with Gasteiger partial charge in [0.15, 0.2) is 0 Å². The molecule has 0 bridgehead atoms. The van der Waals surface area contributed by atoms with E-state index in [0.29, 0.717) is 0 Å². The molecule has 3 aromatic carbocycles. The fourth-order valence-corrected chi connectivity index (χ4v) is 2.50. The van der Waals surface area contributed by atoms with Gasteiger partial charge in [-0.15, -0.1) is 0 Å². The van der Waals surface area contributed by atoms with Gasteiger partial charge in [-0.05, 0) is 42.3 Å². The zero-order valence-corrected chi connectivity index (χ0v) is 13.4. The lowest BCUT2D eigenvalue weighted by molar-refractivity contribution is 0.444. The van der Waals surface area contributed by atoms with Gasteiger partial charge in [0.25, 0.3) is 0 Å². The first kappa shape index (κ1) is 15.2. The molecule has 0 N–H and O–H groups in total. The summed E-state index contributed by atoms with van der Waals surface area (Å²) in [6, 6.07) is 25.6. The molecule has 0 fully saturated rings. The van der Waals surface area contributed by atoms with Crippen molar-refractivity contribution < 1.29 is 9.47 Å². The van der Waals surface area contributed by atoms with Crippen LogP contribution in [0.1, 0.15) is 25.3 Å². The fourth-order valence-electron chi connectivity index (χ4n) is 2.50. The van der Waals surface area contributed by atoms with E-state index in [1.165, 1.54) is 0 Å². The summed E-state index contributed by atoms with van der Waals surface area (Å²) in [6.07, 6.45) is 0. The summed E-state index contributed by atoms with van der Waals surface area (Å²) in [4.78, 5) is 0. The Bertz CT molecular complexity index is 690. The lowest BCUT2D eigenvalue weighted by Crippen LogP contribution is -1.98. The summed E-state index contributed by atoms with van der Waals surface area (Å²) in [5.74, 6) is 3.60. The molecule has 3 aromatic rings. The molecule has 3 rings (SSSR count). The lowest BCUT2D eigenvalue weighted by Gasteiger charge is -2.18. The molecule has 2 nitrogen and oxygen atoms in total. The standard InChI is InChI=1S/C21H20O2/c1-16(2)21-19(22-17-10-5-3-6-11-17)14-9-15-20(21)23-18-12-7-4-8-13-18/h3-16H,1-2H3. The molecule has 0 amide bonds. The molecule has 23 heavy (non-hydrogen) atoms. The first-order valence-electron chi connectivity index (χ1n) is 7.83. The second kappa shape index (κ2) is 7.01. The molecule has 0 unspecified atom stereocenters. The fraction of sp³-hybridized carbons (Fsp3) is 0.143. The maximum atomic E-state index is 6.07. The van der Waals surface area contributed by atoms with Crippen molar-refractivity contribution in [1.82, 2.24) is 0 Å². The Kier molecular flexibility index (Phi) is 4.62. The Morgan fingerprint density at radius 2 is 1.00 bits per heavy atom. The van der Waals surface area contributed by atoms with Crippen molar-refractivity contribution >= 4 is 0 Å². The van der Waals surface area contributed by atoms with Gasteiger partial charge in [-0.2, -0.15) is 0 Å². The lowest BCUT2D eigenvalue weighted by atomic mass is 10.0. The number of benzene rings is 3. The van der Waals surface area contributed by atoms with E-state index in [9.17, 15) is 0 Å². The molecule has 0 saturated heterocycles. The molecule has 0 aliphatic carbocycles. The third-order valence-electron chi connectivity index (χ3n) is 3.55. The van der Waals surface area contributed by atoms with E-state index in [4.69, 9.17) is 9.47 Å². The Balaban J connectivity index is 1.95. The molecular formula is C21H20O2. The molecule has 0 aromatic heterocycles. The van der Waals surface area contributed by atoms with Crippen molar-refractivity contribution in [2.45, 2.75) is 19.8 Å². The normalized spacial score (nSPS) is 10.6. The molecule has 0 aliphatic rings. The highest BCUT2D eigenvalue weighted by atomic mass is 16.5. The van der Waals surface area contributed by atoms with E-state index >= 15 is 0 Å². The van der Waals surface area contributed by atoms with E-state index in [2.05, 4.69) is 13.8 Å². The van der Waals surface area contributed by atoms with Gasteiger partial charge in [-0.25, -0.2) is 0 Å². The SMILES string of the molecule is CC(C)c1c(Oc2ccccc2)cccc1Oc1ccccc1.